The standard InChI is InChI=1S/C20H21N/c1-21(2)20-16-14-19(15-17-20)13-7-4-3-6-10-18-11-8-5-9-12-18/h3-17H,1-2H3/b4-3-,10-6-,13-7+. The van der Waals surface area contributed by atoms with E-state index < -0.39 is 0 Å². The molecule has 106 valence electrons. The van der Waals surface area contributed by atoms with Gasteiger partial charge in [0.25, 0.3) is 0 Å². The van der Waals surface area contributed by atoms with Crippen LogP contribution in [-0.2, 0) is 0 Å². The van der Waals surface area contributed by atoms with Crippen molar-refractivity contribution in [3.05, 3.63) is 90.0 Å². The Morgan fingerprint density at radius 3 is 1.67 bits per heavy atom. The van der Waals surface area contributed by atoms with E-state index in [4.69, 9.17) is 0 Å². The molecule has 0 N–H and O–H groups in total. The van der Waals surface area contributed by atoms with Crippen molar-refractivity contribution in [3.63, 3.8) is 0 Å². The molecule has 0 radical (unpaired) electrons. The third-order valence-electron chi connectivity index (χ3n) is 3.12. The van der Waals surface area contributed by atoms with Gasteiger partial charge in [0.15, 0.2) is 0 Å². The second-order valence-electron chi connectivity index (χ2n) is 5.00. The van der Waals surface area contributed by atoms with Gasteiger partial charge in [-0.15, -0.1) is 0 Å². The van der Waals surface area contributed by atoms with Crippen molar-refractivity contribution >= 4 is 17.8 Å². The number of allylic oxidation sites excluding steroid dienone is 4. The van der Waals surface area contributed by atoms with Gasteiger partial charge in [-0.3, -0.25) is 0 Å². The molecule has 0 amide bonds. The fraction of sp³-hybridized carbons (Fsp3) is 0.100. The molecule has 0 saturated carbocycles. The van der Waals surface area contributed by atoms with Gasteiger partial charge < -0.3 is 4.90 Å². The van der Waals surface area contributed by atoms with Crippen molar-refractivity contribution in [2.45, 2.75) is 0 Å². The van der Waals surface area contributed by atoms with Crippen molar-refractivity contribution in [2.24, 2.45) is 0 Å². The first-order valence-electron chi connectivity index (χ1n) is 7.09. The van der Waals surface area contributed by atoms with Crippen LogP contribution < -0.4 is 4.90 Å². The Kier molecular flexibility index (Phi) is 5.60. The molecule has 0 aliphatic rings. The van der Waals surface area contributed by atoms with E-state index in [2.05, 4.69) is 65.6 Å². The number of nitrogens with zero attached hydrogens (tertiary/aromatic N) is 1. The lowest BCUT2D eigenvalue weighted by Crippen LogP contribution is -2.07. The van der Waals surface area contributed by atoms with Gasteiger partial charge in [-0.1, -0.05) is 78.9 Å². The minimum absolute atomic E-state index is 1.21. The Bertz CT molecular complexity index is 617. The lowest BCUT2D eigenvalue weighted by molar-refractivity contribution is 1.13. The van der Waals surface area contributed by atoms with E-state index in [1.807, 2.05) is 44.4 Å². The minimum Gasteiger partial charge on any atom is -0.378 e. The average molecular weight is 275 g/mol. The van der Waals surface area contributed by atoms with E-state index in [1.165, 1.54) is 16.8 Å². The molecule has 0 heterocycles. The fourth-order valence-corrected chi connectivity index (χ4v) is 1.91. The highest BCUT2D eigenvalue weighted by atomic mass is 15.1. The molecule has 21 heavy (non-hydrogen) atoms. The summed E-state index contributed by atoms with van der Waals surface area (Å²) in [5, 5.41) is 0. The maximum atomic E-state index is 2.12. The topological polar surface area (TPSA) is 3.24 Å². The summed E-state index contributed by atoms with van der Waals surface area (Å²) < 4.78 is 0. The van der Waals surface area contributed by atoms with Crippen LogP contribution in [0.2, 0.25) is 0 Å². The number of anilines is 1. The van der Waals surface area contributed by atoms with Gasteiger partial charge in [0.2, 0.25) is 0 Å². The van der Waals surface area contributed by atoms with Crippen molar-refractivity contribution in [3.8, 4) is 0 Å². The summed E-state index contributed by atoms with van der Waals surface area (Å²) in [6, 6.07) is 18.8. The van der Waals surface area contributed by atoms with Gasteiger partial charge in [-0.05, 0) is 23.3 Å². The van der Waals surface area contributed by atoms with E-state index >= 15 is 0 Å². The summed E-state index contributed by atoms with van der Waals surface area (Å²) in [5.41, 5.74) is 3.64. The van der Waals surface area contributed by atoms with E-state index in [0.29, 0.717) is 0 Å². The molecular weight excluding hydrogens is 254 g/mol. The highest BCUT2D eigenvalue weighted by Gasteiger charge is 1.92. The molecule has 2 rings (SSSR count). The Morgan fingerprint density at radius 2 is 1.14 bits per heavy atom. The molecule has 1 heteroatoms. The quantitative estimate of drug-likeness (QED) is 0.691. The Balaban J connectivity index is 1.87. The molecule has 0 aromatic heterocycles. The Morgan fingerprint density at radius 1 is 0.619 bits per heavy atom. The van der Waals surface area contributed by atoms with Gasteiger partial charge in [0, 0.05) is 19.8 Å². The molecule has 0 unspecified atom stereocenters. The van der Waals surface area contributed by atoms with Crippen molar-refractivity contribution < 1.29 is 0 Å². The second kappa shape index (κ2) is 7.91. The Hall–Kier alpha value is -2.54. The van der Waals surface area contributed by atoms with E-state index in [9.17, 15) is 0 Å². The largest absolute Gasteiger partial charge is 0.378 e. The van der Waals surface area contributed by atoms with Gasteiger partial charge in [0.05, 0.1) is 0 Å². The third-order valence-corrected chi connectivity index (χ3v) is 3.12. The monoisotopic (exact) mass is 275 g/mol. The first kappa shape index (κ1) is 14.9. The molecule has 0 atom stereocenters. The second-order valence-corrected chi connectivity index (χ2v) is 5.00. The summed E-state index contributed by atoms with van der Waals surface area (Å²) in [6.45, 7) is 0. The van der Waals surface area contributed by atoms with Crippen LogP contribution in [0.25, 0.3) is 12.2 Å². The maximum Gasteiger partial charge on any atom is 0.0361 e. The van der Waals surface area contributed by atoms with Crippen molar-refractivity contribution in [2.75, 3.05) is 19.0 Å². The highest BCUT2D eigenvalue weighted by Crippen LogP contribution is 2.13. The summed E-state index contributed by atoms with van der Waals surface area (Å²) in [6.07, 6.45) is 12.4. The molecule has 2 aromatic rings. The molecule has 0 bridgehead atoms. The van der Waals surface area contributed by atoms with E-state index in [1.54, 1.807) is 0 Å². The summed E-state index contributed by atoms with van der Waals surface area (Å²) in [7, 11) is 4.10. The number of benzene rings is 2. The molecule has 0 fully saturated rings. The van der Waals surface area contributed by atoms with Crippen molar-refractivity contribution in [1.82, 2.24) is 0 Å². The van der Waals surface area contributed by atoms with E-state index in [0.717, 1.165) is 0 Å². The molecule has 0 aliphatic carbocycles. The van der Waals surface area contributed by atoms with Crippen LogP contribution in [0.1, 0.15) is 11.1 Å². The first-order chi connectivity index (χ1) is 10.3. The zero-order valence-corrected chi connectivity index (χ0v) is 12.6. The zero-order valence-electron chi connectivity index (χ0n) is 12.6. The van der Waals surface area contributed by atoms with Gasteiger partial charge in [0.1, 0.15) is 0 Å². The average Bonchev–Trinajstić information content (AvgIpc) is 2.52. The van der Waals surface area contributed by atoms with Gasteiger partial charge in [-0.25, -0.2) is 0 Å². The normalized spacial score (nSPS) is 11.7. The molecular formula is C20H21N. The minimum atomic E-state index is 1.21. The van der Waals surface area contributed by atoms with Crippen LogP contribution in [0.3, 0.4) is 0 Å². The van der Waals surface area contributed by atoms with E-state index in [-0.39, 0.29) is 0 Å². The van der Waals surface area contributed by atoms with Crippen LogP contribution in [0.5, 0.6) is 0 Å². The predicted octanol–water partition coefficient (Wildman–Crippen LogP) is 5.04. The molecule has 0 aliphatic heterocycles. The fourth-order valence-electron chi connectivity index (χ4n) is 1.91. The van der Waals surface area contributed by atoms with Crippen LogP contribution in [0.4, 0.5) is 5.69 Å². The number of hydrogen-bond acceptors (Lipinski definition) is 1. The summed E-state index contributed by atoms with van der Waals surface area (Å²) in [4.78, 5) is 2.10. The van der Waals surface area contributed by atoms with Gasteiger partial charge >= 0.3 is 0 Å². The van der Waals surface area contributed by atoms with Crippen LogP contribution in [0, 0.1) is 0 Å². The molecule has 0 spiro atoms. The predicted molar refractivity (Wildman–Crippen MR) is 94.4 cm³/mol. The maximum absolute atomic E-state index is 2.12. The SMILES string of the molecule is CN(C)c1ccc(/C=C/C=C\C=C/c2ccccc2)cc1. The Labute approximate surface area is 127 Å². The smallest absolute Gasteiger partial charge is 0.0361 e. The van der Waals surface area contributed by atoms with Crippen LogP contribution in [0.15, 0.2) is 78.9 Å². The number of hydrogen-bond donors (Lipinski definition) is 0. The van der Waals surface area contributed by atoms with Gasteiger partial charge in [-0.2, -0.15) is 0 Å². The highest BCUT2D eigenvalue weighted by molar-refractivity contribution is 5.57. The van der Waals surface area contributed by atoms with Crippen molar-refractivity contribution in [1.29, 1.82) is 0 Å². The first-order valence-corrected chi connectivity index (χ1v) is 7.09. The van der Waals surface area contributed by atoms with Crippen LogP contribution >= 0.6 is 0 Å². The third kappa shape index (κ3) is 5.15. The summed E-state index contributed by atoms with van der Waals surface area (Å²) in [5.74, 6) is 0. The lowest BCUT2D eigenvalue weighted by Gasteiger charge is -2.11. The molecule has 1 nitrogen and oxygen atoms in total. The van der Waals surface area contributed by atoms with Crippen LogP contribution in [-0.4, -0.2) is 14.1 Å². The zero-order chi connectivity index (χ0) is 14.9. The number of rotatable bonds is 5. The lowest BCUT2D eigenvalue weighted by atomic mass is 10.2. The summed E-state index contributed by atoms with van der Waals surface area (Å²) >= 11 is 0. The molecule has 2 aromatic carbocycles. The molecule has 0 saturated heterocycles.